The summed E-state index contributed by atoms with van der Waals surface area (Å²) in [5.41, 5.74) is 0.833. The van der Waals surface area contributed by atoms with Crippen molar-refractivity contribution >= 4 is 91.6 Å². The van der Waals surface area contributed by atoms with Crippen molar-refractivity contribution in [1.29, 1.82) is 0 Å². The van der Waals surface area contributed by atoms with Crippen LogP contribution in [0.2, 0.25) is 0 Å². The molecular formula is C45H41BrN4O4. The molecule has 54 heavy (non-hydrogen) atoms. The van der Waals surface area contributed by atoms with E-state index in [1.807, 2.05) is 116 Å². The zero-order chi connectivity index (χ0) is 38.2. The Morgan fingerprint density at radius 3 is 1.41 bits per heavy atom. The molecule has 272 valence electrons. The van der Waals surface area contributed by atoms with E-state index in [0.717, 1.165) is 42.4 Å². The SMILES string of the molecule is CC(C)C(C(C)C)n1c(=O)c2ccc3c4ccc5c(=O)n(C(C(C)C)C(C)C)c(=O)c6cc7[nH]c(-c8ccc(Br)cc8)nc8cc(c1=O)c2c3c8c7c4c56. The Hall–Kier alpha value is -5.15. The molecule has 0 amide bonds. The van der Waals surface area contributed by atoms with E-state index in [0.29, 0.717) is 49.2 Å². The van der Waals surface area contributed by atoms with Gasteiger partial charge in [0.15, 0.2) is 0 Å². The van der Waals surface area contributed by atoms with Crippen molar-refractivity contribution in [3.63, 3.8) is 0 Å². The van der Waals surface area contributed by atoms with Crippen LogP contribution in [0, 0.1) is 23.7 Å². The van der Waals surface area contributed by atoms with E-state index in [4.69, 9.17) is 4.98 Å². The highest BCUT2D eigenvalue weighted by Gasteiger charge is 2.31. The Bertz CT molecular complexity index is 3020. The lowest BCUT2D eigenvalue weighted by atomic mass is 9.84. The number of H-pyrrole nitrogens is 1. The van der Waals surface area contributed by atoms with Gasteiger partial charge in [0.1, 0.15) is 5.82 Å². The fourth-order valence-electron chi connectivity index (χ4n) is 9.96. The minimum Gasteiger partial charge on any atom is -0.339 e. The molecule has 1 N–H and O–H groups in total. The minimum atomic E-state index is -0.324. The lowest BCUT2D eigenvalue weighted by Gasteiger charge is -2.28. The van der Waals surface area contributed by atoms with Gasteiger partial charge in [-0.15, -0.1) is 0 Å². The Morgan fingerprint density at radius 2 is 0.926 bits per heavy atom. The van der Waals surface area contributed by atoms with Gasteiger partial charge >= 0.3 is 0 Å². The number of benzene rings is 6. The Morgan fingerprint density at radius 1 is 0.500 bits per heavy atom. The third-order valence-corrected chi connectivity index (χ3v) is 12.3. The first-order valence-electron chi connectivity index (χ1n) is 18.9. The Kier molecular flexibility index (Phi) is 7.64. The summed E-state index contributed by atoms with van der Waals surface area (Å²) in [5, 5.41) is 7.93. The summed E-state index contributed by atoms with van der Waals surface area (Å²) in [6, 6.07) is 18.6. The van der Waals surface area contributed by atoms with E-state index >= 15 is 0 Å². The number of nitrogens with zero attached hydrogens (tertiary/aromatic N) is 3. The number of nitrogens with one attached hydrogen (secondary N) is 1. The van der Waals surface area contributed by atoms with E-state index in [1.54, 1.807) is 0 Å². The molecule has 0 radical (unpaired) electrons. The van der Waals surface area contributed by atoms with Gasteiger partial charge in [0, 0.05) is 70.7 Å². The molecule has 0 bridgehead atoms. The molecule has 0 fully saturated rings. The molecule has 0 saturated heterocycles. The first-order chi connectivity index (χ1) is 25.7. The monoisotopic (exact) mass is 780 g/mol. The molecule has 9 rings (SSSR count). The van der Waals surface area contributed by atoms with Crippen molar-refractivity contribution < 1.29 is 0 Å². The fourth-order valence-corrected chi connectivity index (χ4v) is 10.2. The lowest BCUT2D eigenvalue weighted by molar-refractivity contribution is 0.277. The second kappa shape index (κ2) is 11.9. The topological polar surface area (TPSA) is 107 Å². The van der Waals surface area contributed by atoms with Gasteiger partial charge in [-0.1, -0.05) is 95.6 Å². The van der Waals surface area contributed by atoms with Crippen LogP contribution in [0.4, 0.5) is 0 Å². The molecule has 0 spiro atoms. The van der Waals surface area contributed by atoms with Crippen LogP contribution in [0.3, 0.4) is 0 Å². The molecule has 0 unspecified atom stereocenters. The first kappa shape index (κ1) is 34.6. The maximum atomic E-state index is 14.7. The van der Waals surface area contributed by atoms with Crippen LogP contribution in [0.15, 0.2) is 84.3 Å². The van der Waals surface area contributed by atoms with Crippen molar-refractivity contribution in [3.8, 4) is 11.4 Å². The van der Waals surface area contributed by atoms with Crippen molar-refractivity contribution in [2.75, 3.05) is 0 Å². The Labute approximate surface area is 318 Å². The van der Waals surface area contributed by atoms with Crippen LogP contribution in [0.5, 0.6) is 0 Å². The van der Waals surface area contributed by atoms with E-state index < -0.39 is 0 Å². The van der Waals surface area contributed by atoms with E-state index in [-0.39, 0.29) is 58.0 Å². The van der Waals surface area contributed by atoms with E-state index in [9.17, 15) is 19.2 Å². The van der Waals surface area contributed by atoms with Gasteiger partial charge in [-0.3, -0.25) is 28.3 Å². The molecule has 3 heterocycles. The highest BCUT2D eigenvalue weighted by atomic mass is 79.9. The van der Waals surface area contributed by atoms with Gasteiger partial charge in [-0.25, -0.2) is 4.98 Å². The van der Waals surface area contributed by atoms with Gasteiger partial charge in [-0.2, -0.15) is 0 Å². The van der Waals surface area contributed by atoms with Gasteiger partial charge in [0.05, 0.1) is 16.3 Å². The number of aromatic amines is 1. The first-order valence-corrected chi connectivity index (χ1v) is 19.7. The summed E-state index contributed by atoms with van der Waals surface area (Å²) < 4.78 is 3.85. The lowest BCUT2D eigenvalue weighted by Crippen LogP contribution is -2.40. The van der Waals surface area contributed by atoms with Crippen LogP contribution in [0.1, 0.15) is 67.5 Å². The molecule has 9 heteroatoms. The smallest absolute Gasteiger partial charge is 0.261 e. The van der Waals surface area contributed by atoms with Gasteiger partial charge in [0.2, 0.25) is 0 Å². The fraction of sp³-hybridized carbons (Fsp3) is 0.311. The predicted octanol–water partition coefficient (Wildman–Crippen LogP) is 9.97. The maximum absolute atomic E-state index is 14.7. The highest BCUT2D eigenvalue weighted by Crippen LogP contribution is 2.47. The van der Waals surface area contributed by atoms with Crippen LogP contribution >= 0.6 is 15.9 Å². The second-order valence-electron chi connectivity index (χ2n) is 16.5. The van der Waals surface area contributed by atoms with Crippen molar-refractivity contribution in [3.05, 3.63) is 107 Å². The van der Waals surface area contributed by atoms with Crippen LogP contribution < -0.4 is 22.2 Å². The van der Waals surface area contributed by atoms with Crippen molar-refractivity contribution in [2.45, 2.75) is 67.5 Å². The largest absolute Gasteiger partial charge is 0.339 e. The molecule has 0 aliphatic heterocycles. The van der Waals surface area contributed by atoms with E-state index in [1.165, 1.54) is 9.13 Å². The molecule has 0 aliphatic carbocycles. The molecule has 0 aliphatic rings. The van der Waals surface area contributed by atoms with Gasteiger partial charge in [-0.05, 0) is 70.8 Å². The number of rotatable bonds is 7. The van der Waals surface area contributed by atoms with Crippen molar-refractivity contribution in [1.82, 2.24) is 19.1 Å². The van der Waals surface area contributed by atoms with Crippen molar-refractivity contribution in [2.24, 2.45) is 23.7 Å². The average Bonchev–Trinajstić information content (AvgIpc) is 3.29. The number of hydrogen-bond acceptors (Lipinski definition) is 5. The maximum Gasteiger partial charge on any atom is 0.261 e. The van der Waals surface area contributed by atoms with E-state index in [2.05, 4.69) is 20.9 Å². The minimum absolute atomic E-state index is 0.0480. The number of hydrogen-bond donors (Lipinski definition) is 1. The molecular weight excluding hydrogens is 740 g/mol. The number of pyridine rings is 2. The number of fused-ring (bicyclic) bond motifs is 1. The summed E-state index contributed by atoms with van der Waals surface area (Å²) in [7, 11) is 0. The van der Waals surface area contributed by atoms with Crippen LogP contribution in [-0.4, -0.2) is 19.1 Å². The summed E-state index contributed by atoms with van der Waals surface area (Å²) >= 11 is 3.56. The number of halogens is 1. The molecule has 8 nitrogen and oxygen atoms in total. The zero-order valence-electron chi connectivity index (χ0n) is 31.6. The van der Waals surface area contributed by atoms with Gasteiger partial charge in [0.25, 0.3) is 22.2 Å². The zero-order valence-corrected chi connectivity index (χ0v) is 33.2. The summed E-state index contributed by atoms with van der Waals surface area (Å²) in [6.07, 6.45) is 0. The third kappa shape index (κ3) is 4.57. The quantitative estimate of drug-likeness (QED) is 0.128. The molecule has 9 aromatic rings. The van der Waals surface area contributed by atoms with Crippen LogP contribution in [-0.2, 0) is 0 Å². The Balaban J connectivity index is 1.58. The summed E-state index contributed by atoms with van der Waals surface area (Å²) in [4.78, 5) is 67.4. The molecule has 0 saturated carbocycles. The molecule has 3 aromatic heterocycles. The number of aromatic nitrogens is 4. The third-order valence-electron chi connectivity index (χ3n) is 11.8. The standard InChI is InChI=1S/C45H41BrN4O4/c1-19(2)39(20(3)4)49-42(51)27-15-13-25-26-14-16-28-34-30(45(54)50(43(28)52)40(21(5)6)22(7)8)18-32-38(36(26)34)37-31(17-29(44(49)53)33(27)35(25)37)47-41(48-32)23-9-11-24(46)12-10-23/h9-22,39-40H,1-8H3,(H,47,48). The molecule has 0 atom stereocenters. The normalized spacial score (nSPS) is 13.1. The summed E-state index contributed by atoms with van der Waals surface area (Å²) in [6.45, 7) is 16.4. The second-order valence-corrected chi connectivity index (χ2v) is 17.4. The molecule has 6 aromatic carbocycles. The summed E-state index contributed by atoms with van der Waals surface area (Å²) in [5.74, 6) is 0.748. The van der Waals surface area contributed by atoms with Gasteiger partial charge < -0.3 is 4.98 Å². The highest BCUT2D eigenvalue weighted by molar-refractivity contribution is 9.10. The predicted molar refractivity (Wildman–Crippen MR) is 226 cm³/mol. The van der Waals surface area contributed by atoms with Crippen LogP contribution in [0.25, 0.3) is 87.1 Å². The average molecular weight is 782 g/mol.